The van der Waals surface area contributed by atoms with Crippen LogP contribution >= 0.6 is 0 Å². The minimum Gasteiger partial charge on any atom is -0.312 e. The van der Waals surface area contributed by atoms with Gasteiger partial charge < -0.3 is 4.90 Å². The first-order valence-corrected chi connectivity index (χ1v) is 7.91. The minimum absolute atomic E-state index is 0.0244. The third-order valence-electron chi connectivity index (χ3n) is 5.77. The molecule has 4 rings (SSSR count). The highest BCUT2D eigenvalue weighted by Crippen LogP contribution is 2.46. The average Bonchev–Trinajstić information content (AvgIpc) is 3.04. The number of rotatable bonds is 1. The van der Waals surface area contributed by atoms with Crippen LogP contribution in [0.3, 0.4) is 0 Å². The lowest BCUT2D eigenvalue weighted by atomic mass is 9.91. The van der Waals surface area contributed by atoms with Crippen molar-refractivity contribution in [3.63, 3.8) is 0 Å². The Morgan fingerprint density at radius 1 is 0.895 bits per heavy atom. The summed E-state index contributed by atoms with van der Waals surface area (Å²) in [5.74, 6) is 1.20. The molecule has 0 aromatic carbocycles. The molecule has 4 aliphatic rings. The zero-order chi connectivity index (χ0) is 13.0. The van der Waals surface area contributed by atoms with Crippen molar-refractivity contribution in [3.05, 3.63) is 0 Å². The summed E-state index contributed by atoms with van der Waals surface area (Å²) >= 11 is 0. The maximum atomic E-state index is 12.7. The van der Waals surface area contributed by atoms with Crippen LogP contribution < -0.4 is 0 Å². The van der Waals surface area contributed by atoms with Crippen LogP contribution in [0.15, 0.2) is 0 Å². The molecular formula is C15H22N2O2. The number of amides is 3. The smallest absolute Gasteiger partial charge is 0.312 e. The third-order valence-corrected chi connectivity index (χ3v) is 5.77. The highest BCUT2D eigenvalue weighted by molar-refractivity contribution is 6.05. The van der Waals surface area contributed by atoms with Gasteiger partial charge in [0.25, 0.3) is 5.91 Å². The van der Waals surface area contributed by atoms with Crippen molar-refractivity contribution in [3.8, 4) is 0 Å². The zero-order valence-corrected chi connectivity index (χ0v) is 11.4. The predicted molar refractivity (Wildman–Crippen MR) is 70.4 cm³/mol. The zero-order valence-electron chi connectivity index (χ0n) is 11.4. The molecule has 0 radical (unpaired) electrons. The Morgan fingerprint density at radius 3 is 2.47 bits per heavy atom. The van der Waals surface area contributed by atoms with E-state index in [1.54, 1.807) is 4.90 Å². The quantitative estimate of drug-likeness (QED) is 0.681. The van der Waals surface area contributed by atoms with Gasteiger partial charge in [-0.15, -0.1) is 0 Å². The maximum absolute atomic E-state index is 12.7. The molecule has 3 unspecified atom stereocenters. The number of hydrogen-bond acceptors (Lipinski definition) is 2. The van der Waals surface area contributed by atoms with Crippen LogP contribution in [0.4, 0.5) is 4.79 Å². The average molecular weight is 262 g/mol. The van der Waals surface area contributed by atoms with Gasteiger partial charge in [-0.1, -0.05) is 25.7 Å². The summed E-state index contributed by atoms with van der Waals surface area (Å²) in [7, 11) is 0. The fraction of sp³-hybridized carbons (Fsp3) is 0.867. The largest absolute Gasteiger partial charge is 0.327 e. The summed E-state index contributed by atoms with van der Waals surface area (Å²) in [5.41, 5.74) is 0. The van der Waals surface area contributed by atoms with Gasteiger partial charge in [-0.2, -0.15) is 0 Å². The van der Waals surface area contributed by atoms with E-state index in [2.05, 4.69) is 0 Å². The number of carbonyl (C=O) groups is 2. The highest BCUT2D eigenvalue weighted by Gasteiger charge is 2.57. The van der Waals surface area contributed by atoms with Gasteiger partial charge in [-0.05, 0) is 37.5 Å². The predicted octanol–water partition coefficient (Wildman–Crippen LogP) is 2.38. The fourth-order valence-electron chi connectivity index (χ4n) is 4.87. The third kappa shape index (κ3) is 1.58. The van der Waals surface area contributed by atoms with Gasteiger partial charge in [-0.25, -0.2) is 4.79 Å². The van der Waals surface area contributed by atoms with Crippen LogP contribution in [0.25, 0.3) is 0 Å². The van der Waals surface area contributed by atoms with E-state index >= 15 is 0 Å². The van der Waals surface area contributed by atoms with Gasteiger partial charge in [0.05, 0.1) is 0 Å². The Morgan fingerprint density at radius 2 is 1.68 bits per heavy atom. The first-order valence-electron chi connectivity index (χ1n) is 7.91. The Labute approximate surface area is 114 Å². The molecular weight excluding hydrogens is 240 g/mol. The van der Waals surface area contributed by atoms with Crippen molar-refractivity contribution < 1.29 is 9.59 Å². The van der Waals surface area contributed by atoms with E-state index in [0.717, 1.165) is 25.8 Å². The maximum Gasteiger partial charge on any atom is 0.327 e. The molecule has 3 amide bonds. The topological polar surface area (TPSA) is 40.6 Å². The second-order valence-electron chi connectivity index (χ2n) is 6.73. The van der Waals surface area contributed by atoms with Crippen LogP contribution in [0, 0.1) is 11.8 Å². The number of urea groups is 1. The molecule has 0 aromatic heterocycles. The second-order valence-corrected chi connectivity index (χ2v) is 6.73. The molecule has 2 heterocycles. The second kappa shape index (κ2) is 4.22. The minimum atomic E-state index is -0.0954. The van der Waals surface area contributed by atoms with Gasteiger partial charge in [0.2, 0.25) is 0 Å². The van der Waals surface area contributed by atoms with Gasteiger partial charge in [0.15, 0.2) is 0 Å². The van der Waals surface area contributed by atoms with Gasteiger partial charge in [0.1, 0.15) is 6.04 Å². The van der Waals surface area contributed by atoms with Crippen molar-refractivity contribution in [1.29, 1.82) is 0 Å². The van der Waals surface area contributed by atoms with E-state index in [9.17, 15) is 9.59 Å². The van der Waals surface area contributed by atoms with E-state index in [-0.39, 0.29) is 24.0 Å². The molecule has 2 saturated heterocycles. The normalized spacial score (nSPS) is 39.1. The molecule has 3 atom stereocenters. The SMILES string of the molecule is O=C1C2C3CCCC3CN2C(=O)N1C1CCCCC1. The molecule has 2 saturated carbocycles. The number of hydrogen-bond donors (Lipinski definition) is 0. The first-order chi connectivity index (χ1) is 9.27. The molecule has 0 aromatic rings. The lowest BCUT2D eigenvalue weighted by Gasteiger charge is -2.30. The molecule has 4 nitrogen and oxygen atoms in total. The molecule has 2 aliphatic carbocycles. The van der Waals surface area contributed by atoms with Gasteiger partial charge in [-0.3, -0.25) is 9.69 Å². The van der Waals surface area contributed by atoms with Crippen LogP contribution in [0.2, 0.25) is 0 Å². The Bertz CT molecular complexity index is 416. The summed E-state index contributed by atoms with van der Waals surface area (Å²) < 4.78 is 0. The molecule has 19 heavy (non-hydrogen) atoms. The van der Waals surface area contributed by atoms with E-state index in [4.69, 9.17) is 0 Å². The lowest BCUT2D eigenvalue weighted by Crippen LogP contribution is -2.43. The molecule has 4 heteroatoms. The summed E-state index contributed by atoms with van der Waals surface area (Å²) in [6.07, 6.45) is 9.22. The Kier molecular flexibility index (Phi) is 2.61. The van der Waals surface area contributed by atoms with E-state index in [1.165, 1.54) is 32.1 Å². The lowest BCUT2D eigenvalue weighted by molar-refractivity contribution is -0.130. The highest BCUT2D eigenvalue weighted by atomic mass is 16.2. The van der Waals surface area contributed by atoms with Crippen molar-refractivity contribution in [2.24, 2.45) is 11.8 Å². The molecule has 2 aliphatic heterocycles. The molecule has 0 N–H and O–H groups in total. The first kappa shape index (κ1) is 11.7. The number of imide groups is 1. The number of nitrogens with zero attached hydrogens (tertiary/aromatic N) is 2. The van der Waals surface area contributed by atoms with E-state index in [1.807, 2.05) is 4.90 Å². The van der Waals surface area contributed by atoms with E-state index in [0.29, 0.717) is 11.8 Å². The summed E-state index contributed by atoms with van der Waals surface area (Å²) in [6, 6.07) is 0.123. The van der Waals surface area contributed by atoms with Crippen LogP contribution in [-0.4, -0.2) is 40.4 Å². The summed E-state index contributed by atoms with van der Waals surface area (Å²) in [4.78, 5) is 28.8. The Hall–Kier alpha value is -1.06. The molecule has 104 valence electrons. The molecule has 0 bridgehead atoms. The summed E-state index contributed by atoms with van der Waals surface area (Å²) in [5, 5.41) is 0. The Balaban J connectivity index is 1.59. The monoisotopic (exact) mass is 262 g/mol. The van der Waals surface area contributed by atoms with Crippen molar-refractivity contribution >= 4 is 11.9 Å². The van der Waals surface area contributed by atoms with E-state index < -0.39 is 0 Å². The van der Waals surface area contributed by atoms with Gasteiger partial charge >= 0.3 is 6.03 Å². The van der Waals surface area contributed by atoms with Crippen LogP contribution in [-0.2, 0) is 4.79 Å². The number of fused-ring (bicyclic) bond motifs is 3. The van der Waals surface area contributed by atoms with Crippen LogP contribution in [0.1, 0.15) is 51.4 Å². The van der Waals surface area contributed by atoms with Crippen LogP contribution in [0.5, 0.6) is 0 Å². The fourth-order valence-corrected chi connectivity index (χ4v) is 4.87. The molecule has 0 spiro atoms. The molecule has 4 fully saturated rings. The number of carbonyl (C=O) groups excluding carboxylic acids is 2. The summed E-state index contributed by atoms with van der Waals surface area (Å²) in [6.45, 7) is 0.836. The standard InChI is InChI=1S/C15H22N2O2/c18-14-13-12-8-4-5-10(12)9-16(13)15(19)17(14)11-6-2-1-3-7-11/h10-13H,1-9H2. The van der Waals surface area contributed by atoms with Crippen molar-refractivity contribution in [2.45, 2.75) is 63.5 Å². The van der Waals surface area contributed by atoms with Crippen molar-refractivity contribution in [2.75, 3.05) is 6.54 Å². The van der Waals surface area contributed by atoms with Crippen molar-refractivity contribution in [1.82, 2.24) is 9.80 Å². The van der Waals surface area contributed by atoms with Gasteiger partial charge in [0, 0.05) is 12.6 Å².